The molecule has 0 bridgehead atoms. The van der Waals surface area contributed by atoms with Crippen molar-refractivity contribution in [2.24, 2.45) is 10.2 Å². The topological polar surface area (TPSA) is 81.5 Å². The van der Waals surface area contributed by atoms with Crippen LogP contribution in [0.4, 0.5) is 11.4 Å². The number of fused-ring (bicyclic) bond motifs is 6. The lowest BCUT2D eigenvalue weighted by Gasteiger charge is -2.24. The molecule has 8 rings (SSSR count). The minimum atomic E-state index is -0.679. The summed E-state index contributed by atoms with van der Waals surface area (Å²) in [7, 11) is 0. The van der Waals surface area contributed by atoms with Gasteiger partial charge in [0.15, 0.2) is 0 Å². The summed E-state index contributed by atoms with van der Waals surface area (Å²) in [5.41, 5.74) is 8.64. The average molecular weight is 773 g/mol. The van der Waals surface area contributed by atoms with E-state index in [4.69, 9.17) is 10.2 Å². The molecule has 8 nitrogen and oxygen atoms in total. The number of benzene rings is 6. The van der Waals surface area contributed by atoms with Crippen molar-refractivity contribution in [1.29, 1.82) is 0 Å². The first-order valence-corrected chi connectivity index (χ1v) is 20.8. The molecular formula is C48H48N6O2S. The summed E-state index contributed by atoms with van der Waals surface area (Å²) in [6.07, 6.45) is 2.38. The van der Waals surface area contributed by atoms with Crippen LogP contribution in [0, 0.1) is 0 Å². The van der Waals surface area contributed by atoms with E-state index in [0.29, 0.717) is 24.6 Å². The Morgan fingerprint density at radius 1 is 0.509 bits per heavy atom. The summed E-state index contributed by atoms with van der Waals surface area (Å²) in [6.45, 7) is 6.76. The number of rotatable bonds is 16. The van der Waals surface area contributed by atoms with Crippen molar-refractivity contribution in [2.45, 2.75) is 39.1 Å². The van der Waals surface area contributed by atoms with Crippen LogP contribution in [0.5, 0.6) is 0 Å². The number of aliphatic hydroxyl groups is 2. The van der Waals surface area contributed by atoms with Crippen LogP contribution >= 0.6 is 11.8 Å². The maximum absolute atomic E-state index is 11.3. The normalized spacial score (nSPS) is 13.1. The summed E-state index contributed by atoms with van der Waals surface area (Å²) in [4.78, 5) is 0. The smallest absolute Gasteiger partial charge is 0.0826 e. The Balaban J connectivity index is 0.923. The zero-order chi connectivity index (χ0) is 39.1. The van der Waals surface area contributed by atoms with Crippen LogP contribution in [-0.2, 0) is 13.1 Å². The van der Waals surface area contributed by atoms with Crippen molar-refractivity contribution < 1.29 is 10.2 Å². The third kappa shape index (κ3) is 8.32. The van der Waals surface area contributed by atoms with Crippen LogP contribution < -0.4 is 10.0 Å². The third-order valence-corrected chi connectivity index (χ3v) is 11.7. The molecule has 0 saturated carbocycles. The molecule has 9 heteroatoms. The first-order chi connectivity index (χ1) is 28.0. The van der Waals surface area contributed by atoms with Crippen molar-refractivity contribution in [2.75, 3.05) is 34.6 Å². The molecule has 2 unspecified atom stereocenters. The van der Waals surface area contributed by atoms with E-state index in [2.05, 4.69) is 108 Å². The van der Waals surface area contributed by atoms with Crippen molar-refractivity contribution >= 4 is 79.2 Å². The first-order valence-electron chi connectivity index (χ1n) is 19.7. The van der Waals surface area contributed by atoms with Gasteiger partial charge in [0.05, 0.1) is 49.1 Å². The van der Waals surface area contributed by atoms with Crippen LogP contribution in [0.3, 0.4) is 0 Å². The molecule has 0 fully saturated rings. The van der Waals surface area contributed by atoms with Crippen molar-refractivity contribution in [3.8, 4) is 0 Å². The fourth-order valence-electron chi connectivity index (χ4n) is 7.74. The zero-order valence-electron chi connectivity index (χ0n) is 32.4. The second-order valence-corrected chi connectivity index (χ2v) is 15.3. The Labute approximate surface area is 338 Å². The molecule has 0 aliphatic heterocycles. The number of hydrogen-bond acceptors (Lipinski definition) is 7. The molecule has 0 aliphatic carbocycles. The monoisotopic (exact) mass is 772 g/mol. The lowest BCUT2D eigenvalue weighted by atomic mass is 10.1. The number of aliphatic hydroxyl groups excluding tert-OH is 2. The number of hydrogen-bond donors (Lipinski definition) is 2. The van der Waals surface area contributed by atoms with Gasteiger partial charge in [-0.05, 0) is 85.6 Å². The molecule has 0 saturated heterocycles. The van der Waals surface area contributed by atoms with E-state index >= 15 is 0 Å². The number of hydrazone groups is 2. The van der Waals surface area contributed by atoms with E-state index < -0.39 is 12.2 Å². The fourth-order valence-corrected chi connectivity index (χ4v) is 8.63. The molecule has 2 heterocycles. The van der Waals surface area contributed by atoms with Gasteiger partial charge in [-0.25, -0.2) is 0 Å². The molecular weight excluding hydrogens is 725 g/mol. The summed E-state index contributed by atoms with van der Waals surface area (Å²) in [6, 6.07) is 49.8. The van der Waals surface area contributed by atoms with E-state index in [-0.39, 0.29) is 0 Å². The molecule has 2 atom stereocenters. The zero-order valence-corrected chi connectivity index (χ0v) is 33.2. The van der Waals surface area contributed by atoms with E-state index in [9.17, 15) is 10.2 Å². The number of aromatic nitrogens is 2. The van der Waals surface area contributed by atoms with E-state index in [1.165, 1.54) is 55.4 Å². The highest BCUT2D eigenvalue weighted by Crippen LogP contribution is 2.31. The van der Waals surface area contributed by atoms with Gasteiger partial charge in [-0.1, -0.05) is 84.9 Å². The van der Waals surface area contributed by atoms with Crippen molar-refractivity contribution in [1.82, 2.24) is 9.13 Å². The largest absolute Gasteiger partial charge is 0.390 e. The van der Waals surface area contributed by atoms with Crippen molar-refractivity contribution in [3.05, 3.63) is 157 Å². The molecule has 57 heavy (non-hydrogen) atoms. The quantitative estimate of drug-likeness (QED) is 0.0756. The minimum Gasteiger partial charge on any atom is -0.390 e. The van der Waals surface area contributed by atoms with Gasteiger partial charge in [-0.2, -0.15) is 22.0 Å². The Morgan fingerprint density at radius 3 is 1.32 bits per heavy atom. The highest BCUT2D eigenvalue weighted by Gasteiger charge is 2.17. The Hall–Kier alpha value is -5.87. The molecule has 6 aromatic carbocycles. The molecule has 0 radical (unpaired) electrons. The number of anilines is 2. The second kappa shape index (κ2) is 17.5. The molecule has 8 aromatic rings. The summed E-state index contributed by atoms with van der Waals surface area (Å²) < 4.78 is 4.68. The van der Waals surface area contributed by atoms with Gasteiger partial charge in [0.2, 0.25) is 0 Å². The van der Waals surface area contributed by atoms with E-state index in [0.717, 1.165) is 35.6 Å². The molecule has 0 spiro atoms. The predicted molar refractivity (Wildman–Crippen MR) is 242 cm³/mol. The Kier molecular flexibility index (Phi) is 11.7. The van der Waals surface area contributed by atoms with E-state index in [1.54, 1.807) is 0 Å². The van der Waals surface area contributed by atoms with Gasteiger partial charge in [0.1, 0.15) is 0 Å². The van der Waals surface area contributed by atoms with Crippen LogP contribution in [0.1, 0.15) is 25.0 Å². The predicted octanol–water partition coefficient (Wildman–Crippen LogP) is 9.78. The summed E-state index contributed by atoms with van der Waals surface area (Å²) in [5, 5.41) is 40.8. The Bertz CT molecular complexity index is 2470. The molecule has 0 amide bonds. The van der Waals surface area contributed by atoms with Gasteiger partial charge in [-0.15, -0.1) is 0 Å². The number of thioether (sulfide) groups is 1. The molecule has 2 aromatic heterocycles. The SMILES string of the molecule is CCn1c2ccccc2c2cc(/C=N/N(CC(O)CSCC(O)CN(/N=C/c3ccc4c(c3)c3ccccc3n4CC)c3ccccc3)c3ccccc3)ccc21. The summed E-state index contributed by atoms with van der Waals surface area (Å²) in [5.74, 6) is 0.886. The molecule has 0 aliphatic rings. The van der Waals surface area contributed by atoms with Gasteiger partial charge < -0.3 is 19.3 Å². The van der Waals surface area contributed by atoms with Gasteiger partial charge >= 0.3 is 0 Å². The van der Waals surface area contributed by atoms with Crippen LogP contribution in [0.15, 0.2) is 156 Å². The molecule has 2 N–H and O–H groups in total. The van der Waals surface area contributed by atoms with E-state index in [1.807, 2.05) is 83.1 Å². The van der Waals surface area contributed by atoms with Gasteiger partial charge in [0, 0.05) is 68.2 Å². The first kappa shape index (κ1) is 38.0. The second-order valence-electron chi connectivity index (χ2n) is 14.2. The maximum atomic E-state index is 11.3. The summed E-state index contributed by atoms with van der Waals surface area (Å²) >= 11 is 1.52. The number of nitrogens with zero attached hydrogens (tertiary/aromatic N) is 6. The van der Waals surface area contributed by atoms with Crippen LogP contribution in [0.2, 0.25) is 0 Å². The van der Waals surface area contributed by atoms with Gasteiger partial charge in [-0.3, -0.25) is 10.0 Å². The number of para-hydroxylation sites is 4. The maximum Gasteiger partial charge on any atom is 0.0826 e. The standard InChI is InChI=1S/C48H48N6O2S/c1-3-51-45-21-13-11-19-41(45)43-27-35(23-25-47(43)51)29-49-53(37-15-7-5-8-16-37)31-39(55)33-57-34-40(56)32-54(38-17-9-6-10-18-38)50-30-36-24-26-48-44(28-36)42-20-12-14-22-46(42)52(48)4-2/h5-30,39-40,55-56H,3-4,31-34H2,1-2H3/b49-29+,50-30+. The number of aryl methyl sites for hydroxylation is 2. The highest BCUT2D eigenvalue weighted by atomic mass is 32.2. The van der Waals surface area contributed by atoms with Crippen LogP contribution in [0.25, 0.3) is 43.6 Å². The van der Waals surface area contributed by atoms with Crippen molar-refractivity contribution in [3.63, 3.8) is 0 Å². The van der Waals surface area contributed by atoms with Gasteiger partial charge in [0.25, 0.3) is 0 Å². The Morgan fingerprint density at radius 2 is 0.895 bits per heavy atom. The lowest BCUT2D eigenvalue weighted by molar-refractivity contribution is 0.200. The molecule has 288 valence electrons. The lowest BCUT2D eigenvalue weighted by Crippen LogP contribution is -2.32. The van der Waals surface area contributed by atoms with Crippen LogP contribution in [-0.4, -0.2) is 68.6 Å². The highest BCUT2D eigenvalue weighted by molar-refractivity contribution is 7.99. The minimum absolute atomic E-state index is 0.308. The average Bonchev–Trinajstić information content (AvgIpc) is 3.75. The third-order valence-electron chi connectivity index (χ3n) is 10.4. The fraction of sp³-hybridized carbons (Fsp3) is 0.208.